The van der Waals surface area contributed by atoms with Gasteiger partial charge in [-0.1, -0.05) is 47.7 Å². The number of halogens is 1. The van der Waals surface area contributed by atoms with Gasteiger partial charge in [-0.05, 0) is 55.0 Å². The van der Waals surface area contributed by atoms with Crippen molar-refractivity contribution in [1.29, 1.82) is 0 Å². The number of nitrogens with one attached hydrogen (secondary N) is 2. The molecule has 0 aliphatic carbocycles. The van der Waals surface area contributed by atoms with E-state index in [1.807, 2.05) is 37.3 Å². The molecule has 0 aliphatic heterocycles. The van der Waals surface area contributed by atoms with Gasteiger partial charge in [0.15, 0.2) is 5.01 Å². The number of carbonyl (C=O) groups excluding carboxylic acids is 2. The summed E-state index contributed by atoms with van der Waals surface area (Å²) in [6.45, 7) is 2.01. The molecule has 172 valence electrons. The van der Waals surface area contributed by atoms with Crippen LogP contribution in [0.4, 0.5) is 10.1 Å². The van der Waals surface area contributed by atoms with Crippen LogP contribution >= 0.6 is 11.3 Å². The average molecular weight is 477 g/mol. The van der Waals surface area contributed by atoms with Crippen LogP contribution in [0.25, 0.3) is 0 Å². The highest BCUT2D eigenvalue weighted by molar-refractivity contribution is 7.13. The van der Waals surface area contributed by atoms with Gasteiger partial charge in [-0.25, -0.2) is 4.39 Å². The van der Waals surface area contributed by atoms with E-state index >= 15 is 0 Å². The maximum atomic E-state index is 13.0. The van der Waals surface area contributed by atoms with Gasteiger partial charge >= 0.3 is 0 Å². The van der Waals surface area contributed by atoms with Gasteiger partial charge in [0.2, 0.25) is 5.01 Å². The number of benzene rings is 3. The van der Waals surface area contributed by atoms with Crippen molar-refractivity contribution in [2.45, 2.75) is 19.6 Å². The fraction of sp³-hybridized carbons (Fsp3) is 0.120. The smallest absolute Gasteiger partial charge is 0.286 e. The van der Waals surface area contributed by atoms with Crippen LogP contribution in [0.3, 0.4) is 0 Å². The number of amides is 2. The van der Waals surface area contributed by atoms with Gasteiger partial charge in [-0.3, -0.25) is 9.59 Å². The van der Waals surface area contributed by atoms with Crippen LogP contribution in [0.15, 0.2) is 78.9 Å². The van der Waals surface area contributed by atoms with Crippen LogP contribution < -0.4 is 15.4 Å². The van der Waals surface area contributed by atoms with Gasteiger partial charge in [0.25, 0.3) is 11.8 Å². The Morgan fingerprint density at radius 3 is 2.50 bits per heavy atom. The zero-order valence-corrected chi connectivity index (χ0v) is 19.0. The third-order valence-electron chi connectivity index (χ3n) is 4.87. The number of carbonyl (C=O) groups is 2. The van der Waals surface area contributed by atoms with E-state index in [0.717, 1.165) is 16.9 Å². The van der Waals surface area contributed by atoms with E-state index in [4.69, 9.17) is 4.74 Å². The molecule has 2 N–H and O–H groups in total. The molecule has 4 aromatic rings. The Labute approximate surface area is 199 Å². The van der Waals surface area contributed by atoms with Crippen molar-refractivity contribution in [2.75, 3.05) is 5.32 Å². The summed E-state index contributed by atoms with van der Waals surface area (Å²) >= 11 is 1.09. The summed E-state index contributed by atoms with van der Waals surface area (Å²) in [7, 11) is 0. The van der Waals surface area contributed by atoms with Crippen molar-refractivity contribution in [3.8, 4) is 5.75 Å². The Bertz CT molecular complexity index is 1280. The lowest BCUT2D eigenvalue weighted by Crippen LogP contribution is -2.26. The summed E-state index contributed by atoms with van der Waals surface area (Å²) in [4.78, 5) is 25.3. The Morgan fingerprint density at radius 1 is 0.971 bits per heavy atom. The zero-order valence-electron chi connectivity index (χ0n) is 18.2. The predicted molar refractivity (Wildman–Crippen MR) is 127 cm³/mol. The Balaban J connectivity index is 1.35. The van der Waals surface area contributed by atoms with Crippen LogP contribution in [0.5, 0.6) is 5.75 Å². The Kier molecular flexibility index (Phi) is 7.24. The molecule has 7 nitrogen and oxygen atoms in total. The molecule has 1 heterocycles. The number of nitrogens with zero attached hydrogens (tertiary/aromatic N) is 2. The van der Waals surface area contributed by atoms with Crippen molar-refractivity contribution < 1.29 is 18.7 Å². The molecular formula is C25H21FN4O3S. The summed E-state index contributed by atoms with van der Waals surface area (Å²) in [6.07, 6.45) is 0. The van der Waals surface area contributed by atoms with Crippen molar-refractivity contribution in [3.63, 3.8) is 0 Å². The molecule has 0 radical (unpaired) electrons. The van der Waals surface area contributed by atoms with Crippen LogP contribution in [0.1, 0.15) is 43.7 Å². The second-order valence-corrected chi connectivity index (χ2v) is 8.45. The third-order valence-corrected chi connectivity index (χ3v) is 5.76. The van der Waals surface area contributed by atoms with Crippen molar-refractivity contribution >= 4 is 28.8 Å². The van der Waals surface area contributed by atoms with Gasteiger partial charge in [0.05, 0.1) is 6.04 Å². The molecule has 1 aromatic heterocycles. The van der Waals surface area contributed by atoms with E-state index in [1.165, 1.54) is 24.3 Å². The first-order valence-corrected chi connectivity index (χ1v) is 11.3. The molecular weight excluding hydrogens is 455 g/mol. The van der Waals surface area contributed by atoms with E-state index < -0.39 is 5.91 Å². The summed E-state index contributed by atoms with van der Waals surface area (Å²) in [6, 6.07) is 21.8. The topological polar surface area (TPSA) is 93.2 Å². The first-order valence-electron chi connectivity index (χ1n) is 10.5. The fourth-order valence-electron chi connectivity index (χ4n) is 3.11. The lowest BCUT2D eigenvalue weighted by Gasteiger charge is -2.14. The van der Waals surface area contributed by atoms with Crippen molar-refractivity contribution in [2.24, 2.45) is 0 Å². The largest absolute Gasteiger partial charge is 0.486 e. The van der Waals surface area contributed by atoms with Crippen LogP contribution in [-0.2, 0) is 6.61 Å². The maximum absolute atomic E-state index is 13.0. The molecule has 0 aliphatic rings. The quantitative estimate of drug-likeness (QED) is 0.373. The third kappa shape index (κ3) is 6.02. The standard InChI is InChI=1S/C25H21FN4O3S/c1-16(17-6-3-2-4-7-17)27-23(31)18-8-5-9-20(14-18)28-24(32)25-30-29-22(34-25)15-33-21-12-10-19(26)11-13-21/h2-14,16H,15H2,1H3,(H,27,31)(H,28,32)/t16-/m1/s1. The first kappa shape index (κ1) is 23.1. The minimum absolute atomic E-state index is 0.103. The van der Waals surface area contributed by atoms with Crippen LogP contribution in [-0.4, -0.2) is 22.0 Å². The van der Waals surface area contributed by atoms with E-state index in [1.54, 1.807) is 24.3 Å². The Hall–Kier alpha value is -4.11. The lowest BCUT2D eigenvalue weighted by atomic mass is 10.1. The molecule has 0 saturated carbocycles. The van der Waals surface area contributed by atoms with E-state index in [9.17, 15) is 14.0 Å². The van der Waals surface area contributed by atoms with Gasteiger partial charge in [0.1, 0.15) is 18.2 Å². The number of hydrogen-bond acceptors (Lipinski definition) is 6. The van der Waals surface area contributed by atoms with Crippen molar-refractivity contribution in [1.82, 2.24) is 15.5 Å². The minimum Gasteiger partial charge on any atom is -0.486 e. The number of hydrogen-bond donors (Lipinski definition) is 2. The summed E-state index contributed by atoms with van der Waals surface area (Å²) in [5.74, 6) is -0.557. The molecule has 1 atom stereocenters. The number of ether oxygens (including phenoxy) is 1. The van der Waals surface area contributed by atoms with Gasteiger partial charge < -0.3 is 15.4 Å². The summed E-state index contributed by atoms with van der Waals surface area (Å²) in [5.41, 5.74) is 1.88. The van der Waals surface area contributed by atoms with E-state index in [2.05, 4.69) is 20.8 Å². The molecule has 4 rings (SSSR count). The lowest BCUT2D eigenvalue weighted by molar-refractivity contribution is 0.0938. The van der Waals surface area contributed by atoms with Gasteiger partial charge in [-0.15, -0.1) is 10.2 Å². The molecule has 34 heavy (non-hydrogen) atoms. The van der Waals surface area contributed by atoms with E-state index in [-0.39, 0.29) is 29.4 Å². The second-order valence-electron chi connectivity index (χ2n) is 7.38. The van der Waals surface area contributed by atoms with Crippen molar-refractivity contribution in [3.05, 3.63) is 106 Å². The highest BCUT2D eigenvalue weighted by Gasteiger charge is 2.16. The normalized spacial score (nSPS) is 11.5. The molecule has 0 spiro atoms. The number of anilines is 1. The fourth-order valence-corrected chi connectivity index (χ4v) is 3.76. The minimum atomic E-state index is -0.444. The average Bonchev–Trinajstić information content (AvgIpc) is 3.34. The molecule has 0 fully saturated rings. The molecule has 0 unspecified atom stereocenters. The molecule has 3 aromatic carbocycles. The SMILES string of the molecule is C[C@@H](NC(=O)c1cccc(NC(=O)c2nnc(COc3ccc(F)cc3)s2)c1)c1ccccc1. The molecule has 0 bridgehead atoms. The van der Waals surface area contributed by atoms with Gasteiger partial charge in [-0.2, -0.15) is 0 Å². The molecule has 9 heteroatoms. The summed E-state index contributed by atoms with van der Waals surface area (Å²) in [5, 5.41) is 14.2. The van der Waals surface area contributed by atoms with E-state index in [0.29, 0.717) is 22.0 Å². The number of aromatic nitrogens is 2. The van der Waals surface area contributed by atoms with Crippen LogP contribution in [0.2, 0.25) is 0 Å². The van der Waals surface area contributed by atoms with Crippen LogP contribution in [0, 0.1) is 5.82 Å². The zero-order chi connectivity index (χ0) is 23.9. The monoisotopic (exact) mass is 476 g/mol. The predicted octanol–water partition coefficient (Wildman–Crippen LogP) is 5.00. The Morgan fingerprint density at radius 2 is 1.74 bits per heavy atom. The molecule has 2 amide bonds. The van der Waals surface area contributed by atoms with Gasteiger partial charge in [0, 0.05) is 11.3 Å². The first-order chi connectivity index (χ1) is 16.5. The highest BCUT2D eigenvalue weighted by atomic mass is 32.1. The highest BCUT2D eigenvalue weighted by Crippen LogP contribution is 2.18. The second kappa shape index (κ2) is 10.7. The molecule has 0 saturated heterocycles. The maximum Gasteiger partial charge on any atom is 0.286 e. The summed E-state index contributed by atoms with van der Waals surface area (Å²) < 4.78 is 18.5. The number of rotatable bonds is 8.